The van der Waals surface area contributed by atoms with E-state index in [2.05, 4.69) is 10.2 Å². The first-order valence-electron chi connectivity index (χ1n) is 7.10. The minimum absolute atomic E-state index is 0.196. The van der Waals surface area contributed by atoms with Gasteiger partial charge in [-0.2, -0.15) is 0 Å². The molecule has 1 saturated heterocycles. The van der Waals surface area contributed by atoms with Crippen LogP contribution in [0.1, 0.15) is 38.5 Å². The molecule has 8 heteroatoms. The number of amides is 1. The van der Waals surface area contributed by atoms with Crippen molar-refractivity contribution in [2.24, 2.45) is 0 Å². The Hall–Kier alpha value is -1.83. The van der Waals surface area contributed by atoms with E-state index in [1.165, 1.54) is 25.9 Å². The van der Waals surface area contributed by atoms with Crippen LogP contribution in [0, 0.1) is 0 Å². The average molecular weight is 302 g/mol. The summed E-state index contributed by atoms with van der Waals surface area (Å²) in [5.74, 6) is -3.65. The van der Waals surface area contributed by atoms with E-state index in [1.807, 2.05) is 0 Å². The number of carboxylic acids is 2. The molecule has 2 fully saturated rings. The molecule has 0 aromatic rings. The zero-order valence-corrected chi connectivity index (χ0v) is 11.8. The highest BCUT2D eigenvalue weighted by Gasteiger charge is 2.27. The van der Waals surface area contributed by atoms with Crippen molar-refractivity contribution < 1.29 is 29.7 Å². The highest BCUT2D eigenvalue weighted by molar-refractivity contribution is 6.27. The van der Waals surface area contributed by atoms with Crippen molar-refractivity contribution in [3.63, 3.8) is 0 Å². The van der Waals surface area contributed by atoms with Gasteiger partial charge < -0.3 is 25.5 Å². The Balaban J connectivity index is 0.000000315. The van der Waals surface area contributed by atoms with Gasteiger partial charge in [0.1, 0.15) is 0 Å². The van der Waals surface area contributed by atoms with Crippen LogP contribution in [0.2, 0.25) is 0 Å². The first kappa shape index (κ1) is 17.2. The fourth-order valence-corrected chi connectivity index (χ4v) is 2.87. The van der Waals surface area contributed by atoms with E-state index in [4.69, 9.17) is 24.9 Å². The van der Waals surface area contributed by atoms with E-state index in [1.54, 1.807) is 0 Å². The Morgan fingerprint density at radius 2 is 1.33 bits per heavy atom. The number of nitrogens with zero attached hydrogens (tertiary/aromatic N) is 1. The zero-order valence-electron chi connectivity index (χ0n) is 11.8. The Kier molecular flexibility index (Phi) is 6.93. The van der Waals surface area contributed by atoms with Crippen LogP contribution in [0.15, 0.2) is 0 Å². The van der Waals surface area contributed by atoms with Gasteiger partial charge in [-0.3, -0.25) is 0 Å². The molecule has 1 amide bonds. The SMILES string of the molecule is O=C(O)C(=O)O.O=C(O)NC1CCC(N2CCCC2)CC1. The Labute approximate surface area is 122 Å². The van der Waals surface area contributed by atoms with E-state index >= 15 is 0 Å². The number of aliphatic carboxylic acids is 2. The summed E-state index contributed by atoms with van der Waals surface area (Å²) in [6.07, 6.45) is 6.14. The normalized spacial score (nSPS) is 25.5. The molecule has 8 nitrogen and oxygen atoms in total. The van der Waals surface area contributed by atoms with E-state index in [0.717, 1.165) is 31.7 Å². The van der Waals surface area contributed by atoms with Crippen molar-refractivity contribution in [3.8, 4) is 0 Å². The highest BCUT2D eigenvalue weighted by Crippen LogP contribution is 2.25. The van der Waals surface area contributed by atoms with Crippen molar-refractivity contribution in [3.05, 3.63) is 0 Å². The molecule has 2 aliphatic rings. The summed E-state index contributed by atoms with van der Waals surface area (Å²) in [7, 11) is 0. The maximum Gasteiger partial charge on any atom is 0.414 e. The molecule has 0 aromatic carbocycles. The summed E-state index contributed by atoms with van der Waals surface area (Å²) in [6.45, 7) is 2.50. The fraction of sp³-hybridized carbons (Fsp3) is 0.769. The van der Waals surface area contributed by atoms with Gasteiger partial charge >= 0.3 is 18.0 Å². The number of likely N-dealkylation sites (tertiary alicyclic amines) is 1. The molecule has 1 saturated carbocycles. The van der Waals surface area contributed by atoms with Crippen LogP contribution in [0.4, 0.5) is 4.79 Å². The molecular formula is C13H22N2O6. The van der Waals surface area contributed by atoms with Crippen molar-refractivity contribution in [1.82, 2.24) is 10.2 Å². The van der Waals surface area contributed by atoms with Crippen LogP contribution in [0.3, 0.4) is 0 Å². The highest BCUT2D eigenvalue weighted by atomic mass is 16.4. The Morgan fingerprint density at radius 3 is 1.71 bits per heavy atom. The van der Waals surface area contributed by atoms with Crippen LogP contribution in [0.5, 0.6) is 0 Å². The van der Waals surface area contributed by atoms with Gasteiger partial charge in [0.05, 0.1) is 0 Å². The average Bonchev–Trinajstić information content (AvgIpc) is 2.93. The molecular weight excluding hydrogens is 280 g/mol. The van der Waals surface area contributed by atoms with Crippen LogP contribution >= 0.6 is 0 Å². The number of nitrogens with one attached hydrogen (secondary N) is 1. The summed E-state index contributed by atoms with van der Waals surface area (Å²) in [5, 5.41) is 26.0. The predicted octanol–water partition coefficient (Wildman–Crippen LogP) is 0.817. The van der Waals surface area contributed by atoms with Gasteiger partial charge in [-0.25, -0.2) is 14.4 Å². The molecule has 1 aliphatic carbocycles. The lowest BCUT2D eigenvalue weighted by Crippen LogP contribution is -2.42. The topological polar surface area (TPSA) is 127 Å². The molecule has 1 heterocycles. The monoisotopic (exact) mass is 302 g/mol. The van der Waals surface area contributed by atoms with Crippen molar-refractivity contribution in [2.75, 3.05) is 13.1 Å². The summed E-state index contributed by atoms with van der Waals surface area (Å²) >= 11 is 0. The Morgan fingerprint density at radius 1 is 0.857 bits per heavy atom. The van der Waals surface area contributed by atoms with Crippen LogP contribution in [-0.2, 0) is 9.59 Å². The number of carbonyl (C=O) groups is 3. The van der Waals surface area contributed by atoms with Gasteiger partial charge in [-0.1, -0.05) is 0 Å². The zero-order chi connectivity index (χ0) is 15.8. The molecule has 0 spiro atoms. The lowest BCUT2D eigenvalue weighted by molar-refractivity contribution is -0.159. The van der Waals surface area contributed by atoms with Gasteiger partial charge in [-0.15, -0.1) is 0 Å². The maximum atomic E-state index is 10.5. The number of rotatable bonds is 2. The summed E-state index contributed by atoms with van der Waals surface area (Å²) in [6, 6.07) is 0.917. The minimum Gasteiger partial charge on any atom is -0.473 e. The van der Waals surface area contributed by atoms with E-state index < -0.39 is 18.0 Å². The third kappa shape index (κ3) is 6.44. The molecule has 0 aromatic heterocycles. The summed E-state index contributed by atoms with van der Waals surface area (Å²) in [4.78, 5) is 31.3. The third-order valence-electron chi connectivity index (χ3n) is 3.86. The second-order valence-corrected chi connectivity index (χ2v) is 5.31. The standard InChI is InChI=1S/C11H20N2O2.C2H2O4/c14-11(15)12-9-3-5-10(6-4-9)13-7-1-2-8-13;3-1(4)2(5)6/h9-10,12H,1-8H2,(H,14,15);(H,3,4)(H,5,6). The number of carboxylic acid groups (broad SMARTS) is 3. The first-order valence-corrected chi connectivity index (χ1v) is 7.10. The quantitative estimate of drug-likeness (QED) is 0.556. The number of hydrogen-bond acceptors (Lipinski definition) is 4. The van der Waals surface area contributed by atoms with E-state index in [0.29, 0.717) is 0 Å². The van der Waals surface area contributed by atoms with Gasteiger partial charge in [0.15, 0.2) is 0 Å². The molecule has 0 radical (unpaired) electrons. The molecule has 120 valence electrons. The molecule has 0 atom stereocenters. The summed E-state index contributed by atoms with van der Waals surface area (Å²) < 4.78 is 0. The second kappa shape index (κ2) is 8.46. The van der Waals surface area contributed by atoms with Gasteiger partial charge in [0.2, 0.25) is 0 Å². The minimum atomic E-state index is -1.82. The Bertz CT molecular complexity index is 361. The lowest BCUT2D eigenvalue weighted by Gasteiger charge is -2.34. The molecule has 1 aliphatic heterocycles. The molecule has 21 heavy (non-hydrogen) atoms. The smallest absolute Gasteiger partial charge is 0.414 e. The van der Waals surface area contributed by atoms with Crippen LogP contribution in [-0.4, -0.2) is 63.4 Å². The van der Waals surface area contributed by atoms with Crippen molar-refractivity contribution in [2.45, 2.75) is 50.6 Å². The maximum absolute atomic E-state index is 10.5. The first-order chi connectivity index (χ1) is 9.90. The predicted molar refractivity (Wildman–Crippen MR) is 73.3 cm³/mol. The van der Waals surface area contributed by atoms with Crippen molar-refractivity contribution in [1.29, 1.82) is 0 Å². The molecule has 4 N–H and O–H groups in total. The molecule has 0 unspecified atom stereocenters. The van der Waals surface area contributed by atoms with Gasteiger partial charge in [0, 0.05) is 12.1 Å². The lowest BCUT2D eigenvalue weighted by atomic mass is 9.90. The molecule has 0 bridgehead atoms. The van der Waals surface area contributed by atoms with Crippen molar-refractivity contribution >= 4 is 18.0 Å². The third-order valence-corrected chi connectivity index (χ3v) is 3.86. The van der Waals surface area contributed by atoms with Crippen LogP contribution < -0.4 is 5.32 Å². The van der Waals surface area contributed by atoms with Gasteiger partial charge in [0.25, 0.3) is 0 Å². The fourth-order valence-electron chi connectivity index (χ4n) is 2.87. The van der Waals surface area contributed by atoms with Crippen LogP contribution in [0.25, 0.3) is 0 Å². The number of hydrogen-bond donors (Lipinski definition) is 4. The largest absolute Gasteiger partial charge is 0.473 e. The van der Waals surface area contributed by atoms with E-state index in [-0.39, 0.29) is 6.04 Å². The molecule has 2 rings (SSSR count). The second-order valence-electron chi connectivity index (χ2n) is 5.31. The van der Waals surface area contributed by atoms with Gasteiger partial charge in [-0.05, 0) is 51.6 Å². The summed E-state index contributed by atoms with van der Waals surface area (Å²) in [5.41, 5.74) is 0. The van der Waals surface area contributed by atoms with E-state index in [9.17, 15) is 4.79 Å².